The van der Waals surface area contributed by atoms with Crippen LogP contribution in [-0.4, -0.2) is 27.8 Å². The first-order chi connectivity index (χ1) is 12.4. The topological polar surface area (TPSA) is 91.2 Å². The van der Waals surface area contributed by atoms with Crippen LogP contribution in [0.2, 0.25) is 0 Å². The lowest BCUT2D eigenvalue weighted by atomic mass is 10.1. The largest absolute Gasteiger partial charge is 0.491 e. The number of sulfonamides is 1. The number of hydrogen-bond acceptors (Lipinski definition) is 5. The Hall–Kier alpha value is -2.40. The summed E-state index contributed by atoms with van der Waals surface area (Å²) in [7, 11) is -3.23. The van der Waals surface area contributed by atoms with E-state index in [1.54, 1.807) is 18.2 Å². The molecule has 2 aromatic rings. The van der Waals surface area contributed by atoms with Crippen molar-refractivity contribution in [2.75, 3.05) is 19.4 Å². The lowest BCUT2D eigenvalue weighted by molar-refractivity contribution is 0.313. The number of hydrogen-bond donors (Lipinski definition) is 2. The molecule has 0 aliphatic rings. The number of ether oxygens (including phenoxy) is 1. The van der Waals surface area contributed by atoms with Gasteiger partial charge in [-0.3, -0.25) is 0 Å². The maximum Gasteiger partial charge on any atom is 0.209 e. The Morgan fingerprint density at radius 2 is 1.85 bits per heavy atom. The minimum Gasteiger partial charge on any atom is -0.491 e. The summed E-state index contributed by atoms with van der Waals surface area (Å²) in [6.07, 6.45) is 1.15. The van der Waals surface area contributed by atoms with Gasteiger partial charge in [-0.05, 0) is 30.2 Å². The number of nitrogens with one attached hydrogen (secondary N) is 2. The first-order valence-corrected chi connectivity index (χ1v) is 10.2. The standard InChI is InChI=1S/C19H23N3O3S/c1-15(22-26(2,23)24)17-9-7-16(8-10-17)14-21-11-12-25-19-6-4-3-5-18(19)13-20/h3-10,15,21-22H,11-12,14H2,1-2H3/t15-/m1/s1. The third kappa shape index (κ3) is 6.48. The Morgan fingerprint density at radius 3 is 2.50 bits per heavy atom. The molecule has 0 radical (unpaired) electrons. The second-order valence-electron chi connectivity index (χ2n) is 5.99. The van der Waals surface area contributed by atoms with Crippen LogP contribution in [-0.2, 0) is 16.6 Å². The van der Waals surface area contributed by atoms with Crippen LogP contribution in [0.4, 0.5) is 0 Å². The van der Waals surface area contributed by atoms with Crippen molar-refractivity contribution in [3.63, 3.8) is 0 Å². The van der Waals surface area contributed by atoms with Crippen LogP contribution in [0, 0.1) is 11.3 Å². The van der Waals surface area contributed by atoms with E-state index < -0.39 is 10.0 Å². The average molecular weight is 373 g/mol. The molecule has 0 unspecified atom stereocenters. The Bertz CT molecular complexity index is 858. The van der Waals surface area contributed by atoms with Gasteiger partial charge >= 0.3 is 0 Å². The molecule has 0 fully saturated rings. The molecule has 0 aromatic heterocycles. The fourth-order valence-electron chi connectivity index (χ4n) is 2.46. The molecule has 0 aliphatic heterocycles. The normalized spacial score (nSPS) is 12.3. The molecule has 0 bridgehead atoms. The summed E-state index contributed by atoms with van der Waals surface area (Å²) in [5, 5.41) is 12.3. The van der Waals surface area contributed by atoms with Crippen LogP contribution >= 0.6 is 0 Å². The van der Waals surface area contributed by atoms with Crippen molar-refractivity contribution < 1.29 is 13.2 Å². The highest BCUT2D eigenvalue weighted by Crippen LogP contribution is 2.16. The average Bonchev–Trinajstić information content (AvgIpc) is 2.61. The molecule has 2 aromatic carbocycles. The highest BCUT2D eigenvalue weighted by molar-refractivity contribution is 7.88. The van der Waals surface area contributed by atoms with Crippen molar-refractivity contribution in [1.29, 1.82) is 5.26 Å². The van der Waals surface area contributed by atoms with E-state index in [4.69, 9.17) is 10.00 Å². The zero-order valence-corrected chi connectivity index (χ0v) is 15.7. The SMILES string of the molecule is C[C@@H](NS(C)(=O)=O)c1ccc(CNCCOc2ccccc2C#N)cc1. The number of para-hydroxylation sites is 1. The molecule has 7 heteroatoms. The lowest BCUT2D eigenvalue weighted by Crippen LogP contribution is -2.25. The van der Waals surface area contributed by atoms with Crippen molar-refractivity contribution in [2.45, 2.75) is 19.5 Å². The second-order valence-corrected chi connectivity index (χ2v) is 7.77. The first-order valence-electron chi connectivity index (χ1n) is 8.28. The van der Waals surface area contributed by atoms with E-state index in [9.17, 15) is 8.42 Å². The number of benzene rings is 2. The van der Waals surface area contributed by atoms with Crippen molar-refractivity contribution in [3.05, 3.63) is 65.2 Å². The molecule has 2 rings (SSSR count). The molecule has 6 nitrogen and oxygen atoms in total. The predicted molar refractivity (Wildman–Crippen MR) is 101 cm³/mol. The molecular weight excluding hydrogens is 350 g/mol. The third-order valence-corrected chi connectivity index (χ3v) is 4.53. The first kappa shape index (κ1) is 19.9. The zero-order valence-electron chi connectivity index (χ0n) is 14.9. The lowest BCUT2D eigenvalue weighted by Gasteiger charge is -2.13. The number of nitrogens with zero attached hydrogens (tertiary/aromatic N) is 1. The van der Waals surface area contributed by atoms with Gasteiger partial charge in [-0.15, -0.1) is 0 Å². The fourth-order valence-corrected chi connectivity index (χ4v) is 3.24. The molecule has 0 heterocycles. The van der Waals surface area contributed by atoms with Gasteiger partial charge in [0.1, 0.15) is 18.4 Å². The molecule has 0 amide bonds. The van der Waals surface area contributed by atoms with Gasteiger partial charge in [0.2, 0.25) is 10.0 Å². The number of nitriles is 1. The Balaban J connectivity index is 1.75. The van der Waals surface area contributed by atoms with Gasteiger partial charge in [-0.2, -0.15) is 5.26 Å². The van der Waals surface area contributed by atoms with E-state index in [0.717, 1.165) is 17.4 Å². The van der Waals surface area contributed by atoms with Gasteiger partial charge < -0.3 is 10.1 Å². The van der Waals surface area contributed by atoms with Crippen LogP contribution in [0.25, 0.3) is 0 Å². The molecular formula is C19H23N3O3S. The molecule has 0 saturated carbocycles. The van der Waals surface area contributed by atoms with Gasteiger partial charge in [0, 0.05) is 19.1 Å². The van der Waals surface area contributed by atoms with Crippen LogP contribution in [0.1, 0.15) is 29.7 Å². The van der Waals surface area contributed by atoms with E-state index in [-0.39, 0.29) is 6.04 Å². The molecule has 138 valence electrons. The van der Waals surface area contributed by atoms with E-state index in [1.807, 2.05) is 37.3 Å². The van der Waals surface area contributed by atoms with Gasteiger partial charge in [0.25, 0.3) is 0 Å². The van der Waals surface area contributed by atoms with Crippen molar-refractivity contribution in [3.8, 4) is 11.8 Å². The van der Waals surface area contributed by atoms with Gasteiger partial charge in [-0.1, -0.05) is 36.4 Å². The van der Waals surface area contributed by atoms with Crippen LogP contribution < -0.4 is 14.8 Å². The minimum absolute atomic E-state index is 0.263. The third-order valence-electron chi connectivity index (χ3n) is 3.74. The van der Waals surface area contributed by atoms with E-state index in [2.05, 4.69) is 16.1 Å². The van der Waals surface area contributed by atoms with Gasteiger partial charge in [0.15, 0.2) is 0 Å². The van der Waals surface area contributed by atoms with Crippen molar-refractivity contribution in [1.82, 2.24) is 10.0 Å². The van der Waals surface area contributed by atoms with Crippen LogP contribution in [0.3, 0.4) is 0 Å². The van der Waals surface area contributed by atoms with Crippen molar-refractivity contribution >= 4 is 10.0 Å². The summed E-state index contributed by atoms with van der Waals surface area (Å²) < 4.78 is 30.7. The molecule has 0 spiro atoms. The summed E-state index contributed by atoms with van der Waals surface area (Å²) in [5.74, 6) is 0.591. The Kier molecular flexibility index (Phi) is 7.16. The number of rotatable bonds is 9. The van der Waals surface area contributed by atoms with Gasteiger partial charge in [0.05, 0.1) is 11.8 Å². The molecule has 0 saturated heterocycles. The summed E-state index contributed by atoms with van der Waals surface area (Å²) in [6, 6.07) is 16.8. The van der Waals surface area contributed by atoms with Crippen molar-refractivity contribution in [2.24, 2.45) is 0 Å². The predicted octanol–water partition coefficient (Wildman–Crippen LogP) is 2.34. The highest BCUT2D eigenvalue weighted by Gasteiger charge is 2.10. The van der Waals surface area contributed by atoms with Gasteiger partial charge in [-0.25, -0.2) is 13.1 Å². The van der Waals surface area contributed by atoms with E-state index >= 15 is 0 Å². The smallest absolute Gasteiger partial charge is 0.209 e. The Labute approximate surface area is 154 Å². The maximum absolute atomic E-state index is 11.3. The summed E-state index contributed by atoms with van der Waals surface area (Å²) >= 11 is 0. The monoisotopic (exact) mass is 373 g/mol. The summed E-state index contributed by atoms with van der Waals surface area (Å²) in [5.41, 5.74) is 2.54. The minimum atomic E-state index is -3.23. The Morgan fingerprint density at radius 1 is 1.15 bits per heavy atom. The highest BCUT2D eigenvalue weighted by atomic mass is 32.2. The van der Waals surface area contributed by atoms with E-state index in [0.29, 0.717) is 31.0 Å². The molecule has 1 atom stereocenters. The summed E-state index contributed by atoms with van der Waals surface area (Å²) in [4.78, 5) is 0. The quantitative estimate of drug-likeness (QED) is 0.658. The molecule has 26 heavy (non-hydrogen) atoms. The molecule has 0 aliphatic carbocycles. The second kappa shape index (κ2) is 9.34. The summed E-state index contributed by atoms with van der Waals surface area (Å²) in [6.45, 7) is 3.60. The van der Waals surface area contributed by atoms with E-state index in [1.165, 1.54) is 0 Å². The molecule has 2 N–H and O–H groups in total. The van der Waals surface area contributed by atoms with Crippen LogP contribution in [0.15, 0.2) is 48.5 Å². The van der Waals surface area contributed by atoms with Crippen LogP contribution in [0.5, 0.6) is 5.75 Å². The maximum atomic E-state index is 11.3. The fraction of sp³-hybridized carbons (Fsp3) is 0.316. The zero-order chi connectivity index (χ0) is 19.0.